The number of fused-ring (bicyclic) bond motifs is 1. The lowest BCUT2D eigenvalue weighted by molar-refractivity contribution is 0.161. The summed E-state index contributed by atoms with van der Waals surface area (Å²) in [7, 11) is 4.17. The molecule has 1 unspecified atom stereocenters. The molecule has 1 fully saturated rings. The number of rotatable bonds is 3. The summed E-state index contributed by atoms with van der Waals surface area (Å²) in [4.78, 5) is 16.0. The molecular formula is C13H17N3O2. The molecule has 1 aliphatic rings. The fourth-order valence-electron chi connectivity index (χ4n) is 2.67. The van der Waals surface area contributed by atoms with E-state index in [1.165, 1.54) is 5.56 Å². The summed E-state index contributed by atoms with van der Waals surface area (Å²) in [6, 6.07) is 6.31. The zero-order valence-electron chi connectivity index (χ0n) is 10.6. The molecule has 1 aromatic carbocycles. The Bertz CT molecular complexity index is 610. The zero-order valence-corrected chi connectivity index (χ0v) is 10.6. The number of benzene rings is 1. The van der Waals surface area contributed by atoms with Crippen LogP contribution in [0.15, 0.2) is 27.4 Å². The van der Waals surface area contributed by atoms with Gasteiger partial charge in [-0.25, -0.2) is 4.79 Å². The lowest BCUT2D eigenvalue weighted by Gasteiger charge is -2.38. The van der Waals surface area contributed by atoms with Crippen LogP contribution in [-0.4, -0.2) is 37.1 Å². The number of H-pyrrole nitrogens is 1. The van der Waals surface area contributed by atoms with Crippen molar-refractivity contribution < 1.29 is 4.42 Å². The van der Waals surface area contributed by atoms with Crippen molar-refractivity contribution in [1.29, 1.82) is 0 Å². The Morgan fingerprint density at radius 3 is 2.78 bits per heavy atom. The number of hydrogen-bond acceptors (Lipinski definition) is 4. The molecule has 2 N–H and O–H groups in total. The molecule has 1 saturated heterocycles. The van der Waals surface area contributed by atoms with E-state index >= 15 is 0 Å². The Kier molecular flexibility index (Phi) is 2.72. The first kappa shape index (κ1) is 11.5. The molecule has 1 aliphatic heterocycles. The highest BCUT2D eigenvalue weighted by Gasteiger charge is 2.30. The highest BCUT2D eigenvalue weighted by Crippen LogP contribution is 2.30. The van der Waals surface area contributed by atoms with Crippen LogP contribution in [0, 0.1) is 5.92 Å². The maximum Gasteiger partial charge on any atom is 0.417 e. The van der Waals surface area contributed by atoms with Gasteiger partial charge < -0.3 is 14.6 Å². The van der Waals surface area contributed by atoms with Crippen molar-refractivity contribution in [2.45, 2.75) is 6.04 Å². The summed E-state index contributed by atoms with van der Waals surface area (Å²) < 4.78 is 5.12. The largest absolute Gasteiger partial charge is 0.417 e. The molecule has 0 amide bonds. The molecular weight excluding hydrogens is 230 g/mol. The Balaban J connectivity index is 2.02. The van der Waals surface area contributed by atoms with Gasteiger partial charge in [-0.15, -0.1) is 0 Å². The van der Waals surface area contributed by atoms with Crippen LogP contribution in [0.25, 0.3) is 11.1 Å². The van der Waals surface area contributed by atoms with E-state index in [9.17, 15) is 4.79 Å². The molecule has 1 aromatic heterocycles. The summed E-state index contributed by atoms with van der Waals surface area (Å²) >= 11 is 0. The zero-order chi connectivity index (χ0) is 12.7. The van der Waals surface area contributed by atoms with E-state index in [0.29, 0.717) is 17.5 Å². The highest BCUT2D eigenvalue weighted by molar-refractivity contribution is 5.72. The van der Waals surface area contributed by atoms with Gasteiger partial charge in [0.25, 0.3) is 0 Å². The van der Waals surface area contributed by atoms with Crippen LogP contribution in [0.1, 0.15) is 11.6 Å². The molecule has 0 spiro atoms. The third-order valence-electron chi connectivity index (χ3n) is 3.60. The molecule has 96 valence electrons. The number of nitrogens with one attached hydrogen (secondary N) is 2. The maximum absolute atomic E-state index is 11.2. The van der Waals surface area contributed by atoms with Gasteiger partial charge in [-0.1, -0.05) is 6.07 Å². The molecule has 0 radical (unpaired) electrons. The monoisotopic (exact) mass is 247 g/mol. The smallest absolute Gasteiger partial charge is 0.408 e. The Hall–Kier alpha value is -1.59. The fraction of sp³-hybridized carbons (Fsp3) is 0.462. The number of hydrogen-bond donors (Lipinski definition) is 2. The first-order valence-corrected chi connectivity index (χ1v) is 6.15. The van der Waals surface area contributed by atoms with E-state index in [2.05, 4.69) is 35.4 Å². The topological polar surface area (TPSA) is 61.3 Å². The molecule has 0 bridgehead atoms. The van der Waals surface area contributed by atoms with E-state index < -0.39 is 5.76 Å². The van der Waals surface area contributed by atoms with Gasteiger partial charge in [-0.2, -0.15) is 0 Å². The van der Waals surface area contributed by atoms with Crippen LogP contribution in [0.4, 0.5) is 0 Å². The van der Waals surface area contributed by atoms with Crippen LogP contribution >= 0.6 is 0 Å². The first-order valence-electron chi connectivity index (χ1n) is 6.15. The minimum Gasteiger partial charge on any atom is -0.408 e. The predicted octanol–water partition coefficient (Wildman–Crippen LogP) is 0.943. The number of oxazole rings is 1. The van der Waals surface area contributed by atoms with Gasteiger partial charge in [0, 0.05) is 25.0 Å². The lowest BCUT2D eigenvalue weighted by Crippen LogP contribution is -2.48. The van der Waals surface area contributed by atoms with Crippen molar-refractivity contribution in [3.8, 4) is 0 Å². The average Bonchev–Trinajstić information content (AvgIpc) is 2.61. The van der Waals surface area contributed by atoms with Gasteiger partial charge >= 0.3 is 5.76 Å². The van der Waals surface area contributed by atoms with Crippen molar-refractivity contribution >= 4 is 11.1 Å². The predicted molar refractivity (Wildman–Crippen MR) is 69.6 cm³/mol. The quantitative estimate of drug-likeness (QED) is 0.847. The maximum atomic E-state index is 11.2. The minimum atomic E-state index is -0.395. The highest BCUT2D eigenvalue weighted by atomic mass is 16.4. The standard InChI is InChI=1S/C13H17N3O2/c1-16(2)12(9-6-14-7-9)8-3-4-10-11(5-8)18-13(17)15-10/h3-5,9,12,14H,6-7H2,1-2H3,(H,15,17). The Morgan fingerprint density at radius 2 is 2.17 bits per heavy atom. The van der Waals surface area contributed by atoms with Gasteiger partial charge in [0.1, 0.15) is 0 Å². The number of nitrogens with zero attached hydrogens (tertiary/aromatic N) is 1. The molecule has 5 heteroatoms. The van der Waals surface area contributed by atoms with Crippen molar-refractivity contribution in [2.24, 2.45) is 5.92 Å². The van der Waals surface area contributed by atoms with Crippen molar-refractivity contribution in [3.63, 3.8) is 0 Å². The van der Waals surface area contributed by atoms with Crippen LogP contribution in [-0.2, 0) is 0 Å². The van der Waals surface area contributed by atoms with Crippen LogP contribution in [0.5, 0.6) is 0 Å². The minimum absolute atomic E-state index is 0.357. The molecule has 3 rings (SSSR count). The van der Waals surface area contributed by atoms with Gasteiger partial charge in [0.15, 0.2) is 5.58 Å². The molecule has 2 heterocycles. The molecule has 1 atom stereocenters. The van der Waals surface area contributed by atoms with Crippen molar-refractivity contribution in [3.05, 3.63) is 34.3 Å². The van der Waals surface area contributed by atoms with E-state index in [1.807, 2.05) is 12.1 Å². The third kappa shape index (κ3) is 1.85. The fourth-order valence-corrected chi connectivity index (χ4v) is 2.67. The van der Waals surface area contributed by atoms with Crippen LogP contribution in [0.3, 0.4) is 0 Å². The number of aromatic nitrogens is 1. The van der Waals surface area contributed by atoms with Gasteiger partial charge in [0.05, 0.1) is 5.52 Å². The molecule has 18 heavy (non-hydrogen) atoms. The van der Waals surface area contributed by atoms with E-state index in [0.717, 1.165) is 18.6 Å². The normalized spacial score (nSPS) is 18.2. The number of aromatic amines is 1. The first-order chi connectivity index (χ1) is 8.65. The van der Waals surface area contributed by atoms with E-state index in [-0.39, 0.29) is 0 Å². The molecule has 5 nitrogen and oxygen atoms in total. The lowest BCUT2D eigenvalue weighted by atomic mass is 9.87. The van der Waals surface area contributed by atoms with Gasteiger partial charge in [0.2, 0.25) is 0 Å². The van der Waals surface area contributed by atoms with Crippen LogP contribution in [0.2, 0.25) is 0 Å². The Morgan fingerprint density at radius 1 is 1.39 bits per heavy atom. The third-order valence-corrected chi connectivity index (χ3v) is 3.60. The van der Waals surface area contributed by atoms with Crippen LogP contribution < -0.4 is 11.1 Å². The van der Waals surface area contributed by atoms with E-state index in [4.69, 9.17) is 4.42 Å². The second-order valence-electron chi connectivity index (χ2n) is 5.10. The van der Waals surface area contributed by atoms with Crippen molar-refractivity contribution in [2.75, 3.05) is 27.2 Å². The summed E-state index contributed by atoms with van der Waals surface area (Å²) in [5.74, 6) is 0.219. The molecule has 0 aliphatic carbocycles. The SMILES string of the molecule is CN(C)C(c1ccc2[nH]c(=O)oc2c1)C1CNC1. The Labute approximate surface area is 105 Å². The van der Waals surface area contributed by atoms with Gasteiger partial charge in [-0.05, 0) is 31.8 Å². The van der Waals surface area contributed by atoms with Crippen molar-refractivity contribution in [1.82, 2.24) is 15.2 Å². The summed E-state index contributed by atoms with van der Waals surface area (Å²) in [5.41, 5.74) is 2.59. The van der Waals surface area contributed by atoms with Gasteiger partial charge in [-0.3, -0.25) is 4.98 Å². The summed E-state index contributed by atoms with van der Waals surface area (Å²) in [6.07, 6.45) is 0. The average molecular weight is 247 g/mol. The van der Waals surface area contributed by atoms with E-state index in [1.54, 1.807) is 0 Å². The second-order valence-corrected chi connectivity index (χ2v) is 5.10. The molecule has 0 saturated carbocycles. The summed E-state index contributed by atoms with van der Waals surface area (Å²) in [5, 5.41) is 3.30. The molecule has 2 aromatic rings. The second kappa shape index (κ2) is 4.26. The summed E-state index contributed by atoms with van der Waals surface area (Å²) in [6.45, 7) is 2.08.